The van der Waals surface area contributed by atoms with E-state index in [1.54, 1.807) is 28.4 Å². The van der Waals surface area contributed by atoms with Gasteiger partial charge >= 0.3 is 34.7 Å². The largest absolute Gasteiger partial charge is 0.488 e. The first-order valence-electron chi connectivity index (χ1n) is 6.67. The zero-order chi connectivity index (χ0) is 16.9. The SMILES string of the molecule is CO[Si](C)(OC)O[Si](C)(C)O[Si](C)(C)O[Si](C)(OC)OC. The van der Waals surface area contributed by atoms with E-state index in [2.05, 4.69) is 0 Å². The van der Waals surface area contributed by atoms with E-state index in [4.69, 9.17) is 30.0 Å². The monoisotopic (exact) mass is 374 g/mol. The van der Waals surface area contributed by atoms with Gasteiger partial charge in [0.1, 0.15) is 0 Å². The summed E-state index contributed by atoms with van der Waals surface area (Å²) in [7, 11) is -3.94. The Bertz CT molecular complexity index is 289. The molecule has 0 atom stereocenters. The summed E-state index contributed by atoms with van der Waals surface area (Å²) in [5, 5.41) is 0. The van der Waals surface area contributed by atoms with Crippen molar-refractivity contribution in [2.24, 2.45) is 0 Å². The van der Waals surface area contributed by atoms with Crippen LogP contribution in [0.25, 0.3) is 0 Å². The summed E-state index contributed by atoms with van der Waals surface area (Å²) in [6.45, 7) is 11.5. The second kappa shape index (κ2) is 7.92. The molecule has 0 aliphatic rings. The summed E-state index contributed by atoms with van der Waals surface area (Å²) in [5.41, 5.74) is 0. The summed E-state index contributed by atoms with van der Waals surface area (Å²) in [6.07, 6.45) is 0. The molecule has 0 unspecified atom stereocenters. The Hall–Kier alpha value is 0.588. The molecule has 0 saturated heterocycles. The molecule has 11 heteroatoms. The van der Waals surface area contributed by atoms with Crippen molar-refractivity contribution in [2.75, 3.05) is 28.4 Å². The van der Waals surface area contributed by atoms with E-state index in [1.807, 2.05) is 39.3 Å². The van der Waals surface area contributed by atoms with E-state index in [-0.39, 0.29) is 0 Å². The molecule has 0 fully saturated rings. The van der Waals surface area contributed by atoms with E-state index < -0.39 is 34.7 Å². The van der Waals surface area contributed by atoms with Gasteiger partial charge < -0.3 is 30.0 Å². The molecule has 0 spiro atoms. The fraction of sp³-hybridized carbons (Fsp3) is 1.00. The minimum atomic E-state index is -2.66. The smallest absolute Gasteiger partial charge is 0.416 e. The average molecular weight is 375 g/mol. The second-order valence-electron chi connectivity index (χ2n) is 5.65. The molecule has 0 aliphatic carbocycles. The third-order valence-corrected chi connectivity index (χ3v) is 16.6. The number of hydrogen-bond acceptors (Lipinski definition) is 7. The quantitative estimate of drug-likeness (QED) is 0.543. The zero-order valence-electron chi connectivity index (χ0n) is 14.9. The fourth-order valence-corrected chi connectivity index (χ4v) is 16.5. The van der Waals surface area contributed by atoms with E-state index in [0.717, 1.165) is 0 Å². The Labute approximate surface area is 133 Å². The van der Waals surface area contributed by atoms with E-state index in [9.17, 15) is 0 Å². The van der Waals surface area contributed by atoms with Crippen LogP contribution in [0.15, 0.2) is 0 Å². The molecule has 0 bridgehead atoms. The zero-order valence-corrected chi connectivity index (χ0v) is 18.9. The highest BCUT2D eigenvalue weighted by Gasteiger charge is 2.48. The highest BCUT2D eigenvalue weighted by Crippen LogP contribution is 2.24. The first kappa shape index (κ1) is 21.6. The third-order valence-electron chi connectivity index (χ3n) is 2.84. The molecule has 0 rings (SSSR count). The van der Waals surface area contributed by atoms with Crippen molar-refractivity contribution in [2.45, 2.75) is 39.3 Å². The lowest BCUT2D eigenvalue weighted by atomic mass is 11.8. The van der Waals surface area contributed by atoms with Crippen molar-refractivity contribution in [1.82, 2.24) is 0 Å². The predicted octanol–water partition coefficient (Wildman–Crippen LogP) is 2.16. The van der Waals surface area contributed by atoms with Crippen molar-refractivity contribution >= 4 is 34.7 Å². The average Bonchev–Trinajstić information content (AvgIpc) is 2.35. The maximum Gasteiger partial charge on any atom is 0.488 e. The third kappa shape index (κ3) is 7.60. The Morgan fingerprint density at radius 2 is 0.667 bits per heavy atom. The lowest BCUT2D eigenvalue weighted by Crippen LogP contribution is -2.59. The van der Waals surface area contributed by atoms with Gasteiger partial charge in [0.2, 0.25) is 0 Å². The summed E-state index contributed by atoms with van der Waals surface area (Å²) in [5.74, 6) is 0. The molecule has 0 N–H and O–H groups in total. The number of hydrogen-bond donors (Lipinski definition) is 0. The molecule has 0 aliphatic heterocycles. The van der Waals surface area contributed by atoms with Gasteiger partial charge in [-0.1, -0.05) is 0 Å². The van der Waals surface area contributed by atoms with Gasteiger partial charge in [0, 0.05) is 41.5 Å². The molecule has 0 radical (unpaired) electrons. The molecule has 0 aromatic heterocycles. The highest BCUT2D eigenvalue weighted by atomic mass is 28.5. The molecule has 0 amide bonds. The van der Waals surface area contributed by atoms with E-state index in [0.29, 0.717) is 0 Å². The molecule has 0 saturated carbocycles. The molecule has 0 heterocycles. The van der Waals surface area contributed by atoms with Crippen molar-refractivity contribution in [3.63, 3.8) is 0 Å². The fourth-order valence-electron chi connectivity index (χ4n) is 1.86. The van der Waals surface area contributed by atoms with Gasteiger partial charge in [0.15, 0.2) is 0 Å². The molecule has 21 heavy (non-hydrogen) atoms. The van der Waals surface area contributed by atoms with Gasteiger partial charge in [-0.05, 0) is 26.2 Å². The Balaban J connectivity index is 4.90. The summed E-state index contributed by atoms with van der Waals surface area (Å²) in [6, 6.07) is 0. The first-order chi connectivity index (χ1) is 9.36. The first-order valence-corrected chi connectivity index (χ1v) is 16.8. The van der Waals surface area contributed by atoms with Crippen LogP contribution in [-0.2, 0) is 30.0 Å². The Morgan fingerprint density at radius 1 is 0.429 bits per heavy atom. The van der Waals surface area contributed by atoms with Crippen LogP contribution in [0, 0.1) is 0 Å². The minimum absolute atomic E-state index is 1.58. The van der Waals surface area contributed by atoms with Crippen molar-refractivity contribution in [1.29, 1.82) is 0 Å². The van der Waals surface area contributed by atoms with Gasteiger partial charge in [0.05, 0.1) is 0 Å². The molecular weight excluding hydrogens is 344 g/mol. The maximum atomic E-state index is 6.21. The summed E-state index contributed by atoms with van der Waals surface area (Å²) >= 11 is 0. The van der Waals surface area contributed by atoms with Gasteiger partial charge in [-0.3, -0.25) is 0 Å². The van der Waals surface area contributed by atoms with Gasteiger partial charge in [-0.15, -0.1) is 0 Å². The lowest BCUT2D eigenvalue weighted by molar-refractivity contribution is 0.137. The Morgan fingerprint density at radius 3 is 0.857 bits per heavy atom. The molecular formula is C10H30O7Si4. The highest BCUT2D eigenvalue weighted by molar-refractivity contribution is 6.86. The van der Waals surface area contributed by atoms with Crippen LogP contribution in [-0.4, -0.2) is 63.2 Å². The van der Waals surface area contributed by atoms with Crippen LogP contribution in [0.1, 0.15) is 0 Å². The van der Waals surface area contributed by atoms with Crippen molar-refractivity contribution in [3.8, 4) is 0 Å². The van der Waals surface area contributed by atoms with Crippen LogP contribution >= 0.6 is 0 Å². The Kier molecular flexibility index (Phi) is 8.14. The van der Waals surface area contributed by atoms with Crippen LogP contribution in [0.5, 0.6) is 0 Å². The topological polar surface area (TPSA) is 64.6 Å². The molecule has 0 aromatic carbocycles. The van der Waals surface area contributed by atoms with E-state index in [1.165, 1.54) is 0 Å². The van der Waals surface area contributed by atoms with E-state index >= 15 is 0 Å². The van der Waals surface area contributed by atoms with Gasteiger partial charge in [-0.25, -0.2) is 0 Å². The molecule has 128 valence electrons. The van der Waals surface area contributed by atoms with Crippen LogP contribution < -0.4 is 0 Å². The van der Waals surface area contributed by atoms with Crippen LogP contribution in [0.3, 0.4) is 0 Å². The predicted molar refractivity (Wildman–Crippen MR) is 89.5 cm³/mol. The number of rotatable bonds is 10. The summed E-state index contributed by atoms with van der Waals surface area (Å²) in [4.78, 5) is 0. The lowest BCUT2D eigenvalue weighted by Gasteiger charge is -2.39. The normalized spacial score (nSPS) is 14.6. The minimum Gasteiger partial charge on any atom is -0.416 e. The van der Waals surface area contributed by atoms with Gasteiger partial charge in [-0.2, -0.15) is 0 Å². The molecule has 0 aromatic rings. The van der Waals surface area contributed by atoms with Crippen LogP contribution in [0.4, 0.5) is 0 Å². The summed E-state index contributed by atoms with van der Waals surface area (Å²) < 4.78 is 39.7. The standard InChI is InChI=1S/C10H30O7Si4/c1-11-20(9,12-2)16-18(5,6)15-19(7,8)17-21(10,13-3)14-4/h1-10H3. The second-order valence-corrected chi connectivity index (χ2v) is 18.8. The maximum absolute atomic E-state index is 6.21. The van der Waals surface area contributed by atoms with Gasteiger partial charge in [0.25, 0.3) is 0 Å². The van der Waals surface area contributed by atoms with Crippen LogP contribution in [0.2, 0.25) is 39.3 Å². The van der Waals surface area contributed by atoms with Crippen molar-refractivity contribution < 1.29 is 30.0 Å². The molecule has 7 nitrogen and oxygen atoms in total. The van der Waals surface area contributed by atoms with Crippen molar-refractivity contribution in [3.05, 3.63) is 0 Å².